The van der Waals surface area contributed by atoms with Crippen molar-refractivity contribution in [2.24, 2.45) is 18.2 Å². The van der Waals surface area contributed by atoms with Crippen LogP contribution in [0.25, 0.3) is 11.3 Å². The molecule has 4 rings (SSSR count). The second-order valence-electron chi connectivity index (χ2n) is 8.39. The standard InChI is InChI=1S/C21H28ClN5O2/c1-13-18(14-5-9-26(2)20(29)17(14)22)25-15(12-28)19(24-13)27-10-7-21(8-11-27)6-3-4-16(21)23/h5,9,16,28H,3-4,6-8,10-12,23H2,1-2H3. The summed E-state index contributed by atoms with van der Waals surface area (Å²) in [5.74, 6) is 0.718. The number of aliphatic hydroxyl groups is 1. The van der Waals surface area contributed by atoms with Crippen LogP contribution in [0, 0.1) is 12.3 Å². The average Bonchev–Trinajstić information content (AvgIpc) is 3.07. The summed E-state index contributed by atoms with van der Waals surface area (Å²) in [5.41, 5.74) is 8.65. The highest BCUT2D eigenvalue weighted by molar-refractivity contribution is 6.33. The van der Waals surface area contributed by atoms with Crippen molar-refractivity contribution in [3.8, 4) is 11.3 Å². The van der Waals surface area contributed by atoms with Crippen LogP contribution in [0.3, 0.4) is 0 Å². The van der Waals surface area contributed by atoms with Crippen LogP contribution in [0.5, 0.6) is 0 Å². The van der Waals surface area contributed by atoms with E-state index in [1.54, 1.807) is 19.3 Å². The van der Waals surface area contributed by atoms with Crippen molar-refractivity contribution in [3.63, 3.8) is 0 Å². The quantitative estimate of drug-likeness (QED) is 0.795. The smallest absolute Gasteiger partial charge is 0.269 e. The second kappa shape index (κ2) is 7.70. The lowest BCUT2D eigenvalue weighted by Crippen LogP contribution is -2.47. The number of hydrogen-bond donors (Lipinski definition) is 2. The monoisotopic (exact) mass is 417 g/mol. The number of aryl methyl sites for hydroxylation is 2. The Bertz CT molecular complexity index is 982. The molecule has 7 nitrogen and oxygen atoms in total. The van der Waals surface area contributed by atoms with Crippen molar-refractivity contribution in [1.82, 2.24) is 14.5 Å². The number of aromatic nitrogens is 3. The van der Waals surface area contributed by atoms with Crippen molar-refractivity contribution < 1.29 is 5.11 Å². The Balaban J connectivity index is 1.66. The van der Waals surface area contributed by atoms with Crippen LogP contribution in [0.1, 0.15) is 43.5 Å². The highest BCUT2D eigenvalue weighted by Crippen LogP contribution is 2.46. The van der Waals surface area contributed by atoms with Crippen molar-refractivity contribution in [2.75, 3.05) is 18.0 Å². The molecule has 2 aliphatic rings. The number of aliphatic hydroxyl groups excluding tert-OH is 1. The molecule has 0 amide bonds. The van der Waals surface area contributed by atoms with E-state index in [1.165, 1.54) is 17.4 Å². The van der Waals surface area contributed by atoms with E-state index in [0.717, 1.165) is 38.2 Å². The summed E-state index contributed by atoms with van der Waals surface area (Å²) in [7, 11) is 1.65. The van der Waals surface area contributed by atoms with Crippen LogP contribution in [-0.2, 0) is 13.7 Å². The molecular weight excluding hydrogens is 390 g/mol. The maximum absolute atomic E-state index is 12.2. The van der Waals surface area contributed by atoms with Crippen molar-refractivity contribution in [3.05, 3.63) is 39.0 Å². The minimum absolute atomic E-state index is 0.110. The van der Waals surface area contributed by atoms with Gasteiger partial charge in [-0.2, -0.15) is 0 Å². The van der Waals surface area contributed by atoms with E-state index >= 15 is 0 Å². The Morgan fingerprint density at radius 1 is 1.31 bits per heavy atom. The third kappa shape index (κ3) is 3.45. The maximum atomic E-state index is 12.2. The Kier molecular flexibility index (Phi) is 5.40. The molecule has 1 saturated carbocycles. The molecule has 0 radical (unpaired) electrons. The zero-order chi connectivity index (χ0) is 20.8. The van der Waals surface area contributed by atoms with Gasteiger partial charge < -0.3 is 20.3 Å². The predicted molar refractivity (Wildman–Crippen MR) is 114 cm³/mol. The summed E-state index contributed by atoms with van der Waals surface area (Å²) >= 11 is 6.29. The van der Waals surface area contributed by atoms with Gasteiger partial charge in [0.25, 0.3) is 5.56 Å². The lowest BCUT2D eigenvalue weighted by molar-refractivity contribution is 0.196. The lowest BCUT2D eigenvalue weighted by Gasteiger charge is -2.42. The third-order valence-electron chi connectivity index (χ3n) is 6.77. The van der Waals surface area contributed by atoms with Gasteiger partial charge in [-0.1, -0.05) is 18.0 Å². The third-order valence-corrected chi connectivity index (χ3v) is 7.14. The first-order chi connectivity index (χ1) is 13.9. The van der Waals surface area contributed by atoms with E-state index < -0.39 is 0 Å². The largest absolute Gasteiger partial charge is 0.390 e. The zero-order valence-corrected chi connectivity index (χ0v) is 17.7. The molecule has 3 heterocycles. The molecular formula is C21H28ClN5O2. The molecule has 1 aliphatic heterocycles. The number of anilines is 1. The van der Waals surface area contributed by atoms with Crippen molar-refractivity contribution >= 4 is 17.4 Å². The minimum atomic E-state index is -0.283. The zero-order valence-electron chi connectivity index (χ0n) is 17.0. The van der Waals surface area contributed by atoms with Crippen LogP contribution in [-0.4, -0.2) is 38.8 Å². The number of nitrogens with two attached hydrogens (primary N) is 1. The molecule has 0 bridgehead atoms. The topological polar surface area (TPSA) is 97.3 Å². The fourth-order valence-corrected chi connectivity index (χ4v) is 5.17. The first-order valence-corrected chi connectivity index (χ1v) is 10.6. The predicted octanol–water partition coefficient (Wildman–Crippen LogP) is 2.39. The second-order valence-corrected chi connectivity index (χ2v) is 8.77. The summed E-state index contributed by atoms with van der Waals surface area (Å²) in [6.45, 7) is 3.36. The molecule has 8 heteroatoms. The van der Waals surface area contributed by atoms with Crippen molar-refractivity contribution in [2.45, 2.75) is 51.7 Å². The average molecular weight is 418 g/mol. The SMILES string of the molecule is Cc1nc(N2CCC3(CCCC3N)CC2)c(CO)nc1-c1ccn(C)c(=O)c1Cl. The van der Waals surface area contributed by atoms with E-state index in [2.05, 4.69) is 9.88 Å². The highest BCUT2D eigenvalue weighted by Gasteiger charge is 2.43. The summed E-state index contributed by atoms with van der Waals surface area (Å²) in [5, 5.41) is 10.1. The van der Waals surface area contributed by atoms with E-state index in [1.807, 2.05) is 6.92 Å². The van der Waals surface area contributed by atoms with Crippen LogP contribution >= 0.6 is 11.6 Å². The van der Waals surface area contributed by atoms with Crippen LogP contribution in [0.2, 0.25) is 5.02 Å². The molecule has 156 valence electrons. The van der Waals surface area contributed by atoms with Gasteiger partial charge in [0.05, 0.1) is 18.0 Å². The van der Waals surface area contributed by atoms with Gasteiger partial charge in [0, 0.05) is 37.9 Å². The molecule has 1 unspecified atom stereocenters. The fourth-order valence-electron chi connectivity index (χ4n) is 4.89. The Morgan fingerprint density at radius 2 is 2.03 bits per heavy atom. The summed E-state index contributed by atoms with van der Waals surface area (Å²) in [6.07, 6.45) is 7.29. The molecule has 3 N–H and O–H groups in total. The van der Waals surface area contributed by atoms with Gasteiger partial charge in [0.1, 0.15) is 10.7 Å². The maximum Gasteiger partial charge on any atom is 0.269 e. The van der Waals surface area contributed by atoms with Crippen LogP contribution in [0.4, 0.5) is 5.82 Å². The molecule has 1 aliphatic carbocycles. The summed E-state index contributed by atoms with van der Waals surface area (Å²) in [4.78, 5) is 23.8. The Labute approximate surface area is 175 Å². The number of pyridine rings is 1. The Hall–Kier alpha value is -1.96. The molecule has 2 aromatic rings. The fraction of sp³-hybridized carbons (Fsp3) is 0.571. The van der Waals surface area contributed by atoms with Gasteiger partial charge in [0.15, 0.2) is 5.82 Å². The molecule has 29 heavy (non-hydrogen) atoms. The first kappa shape index (κ1) is 20.3. The van der Waals surface area contributed by atoms with Gasteiger partial charge in [-0.05, 0) is 44.1 Å². The number of nitrogens with zero attached hydrogens (tertiary/aromatic N) is 4. The van der Waals surface area contributed by atoms with Gasteiger partial charge in [-0.15, -0.1) is 0 Å². The summed E-state index contributed by atoms with van der Waals surface area (Å²) < 4.78 is 1.42. The minimum Gasteiger partial charge on any atom is -0.390 e. The summed E-state index contributed by atoms with van der Waals surface area (Å²) in [6, 6.07) is 2.05. The van der Waals surface area contributed by atoms with Gasteiger partial charge in [0.2, 0.25) is 0 Å². The Morgan fingerprint density at radius 3 is 2.66 bits per heavy atom. The molecule has 2 fully saturated rings. The van der Waals surface area contributed by atoms with E-state index in [9.17, 15) is 9.90 Å². The number of halogens is 1. The number of rotatable bonds is 3. The first-order valence-electron chi connectivity index (χ1n) is 10.2. The molecule has 1 saturated heterocycles. The van der Waals surface area contributed by atoms with Gasteiger partial charge >= 0.3 is 0 Å². The van der Waals surface area contributed by atoms with E-state index in [4.69, 9.17) is 22.3 Å². The van der Waals surface area contributed by atoms with E-state index in [-0.39, 0.29) is 22.6 Å². The van der Waals surface area contributed by atoms with E-state index in [0.29, 0.717) is 28.7 Å². The lowest BCUT2D eigenvalue weighted by atomic mass is 9.74. The van der Waals surface area contributed by atoms with Crippen molar-refractivity contribution in [1.29, 1.82) is 0 Å². The van der Waals surface area contributed by atoms with Gasteiger partial charge in [-0.25, -0.2) is 9.97 Å². The van der Waals surface area contributed by atoms with Gasteiger partial charge in [-0.3, -0.25) is 4.79 Å². The molecule has 2 aromatic heterocycles. The number of hydrogen-bond acceptors (Lipinski definition) is 6. The number of piperidine rings is 1. The molecule has 0 aromatic carbocycles. The highest BCUT2D eigenvalue weighted by atomic mass is 35.5. The van der Waals surface area contributed by atoms with Crippen LogP contribution < -0.4 is 16.2 Å². The normalized spacial score (nSPS) is 21.1. The van der Waals surface area contributed by atoms with Crippen LogP contribution in [0.15, 0.2) is 17.1 Å². The molecule has 1 atom stereocenters. The molecule has 1 spiro atoms.